The molecule has 4 heteroatoms. The number of nitrogens with one attached hydrogen (secondary N) is 1. The highest BCUT2D eigenvalue weighted by atomic mass is 16.3. The third-order valence-electron chi connectivity index (χ3n) is 3.31. The lowest BCUT2D eigenvalue weighted by Crippen LogP contribution is -2.11. The molecule has 0 atom stereocenters. The van der Waals surface area contributed by atoms with Crippen molar-refractivity contribution in [2.75, 3.05) is 6.54 Å². The molecule has 0 aliphatic rings. The molecule has 0 aliphatic carbocycles. The molecule has 1 N–H and O–H groups in total. The monoisotopic (exact) mass is 247 g/mol. The van der Waals surface area contributed by atoms with Crippen LogP contribution in [-0.4, -0.2) is 16.1 Å². The van der Waals surface area contributed by atoms with Crippen LogP contribution < -0.4 is 5.32 Å². The zero-order valence-corrected chi connectivity index (χ0v) is 11.6. The summed E-state index contributed by atoms with van der Waals surface area (Å²) in [5.74, 6) is 1.99. The van der Waals surface area contributed by atoms with Crippen molar-refractivity contribution >= 4 is 0 Å². The van der Waals surface area contributed by atoms with Crippen molar-refractivity contribution in [1.29, 1.82) is 0 Å². The maximum Gasteiger partial charge on any atom is 0.124 e. The van der Waals surface area contributed by atoms with Crippen molar-refractivity contribution in [3.63, 3.8) is 0 Å². The van der Waals surface area contributed by atoms with E-state index >= 15 is 0 Å². The number of hydrogen-bond donors (Lipinski definition) is 1. The number of nitrogens with zero attached hydrogens (tertiary/aromatic N) is 2. The van der Waals surface area contributed by atoms with Gasteiger partial charge in [-0.3, -0.25) is 0 Å². The quantitative estimate of drug-likeness (QED) is 0.883. The Balaban J connectivity index is 2.12. The topological polar surface area (TPSA) is 43.0 Å². The molecule has 4 nitrogen and oxygen atoms in total. The van der Waals surface area contributed by atoms with Gasteiger partial charge in [0.1, 0.15) is 11.5 Å². The van der Waals surface area contributed by atoms with E-state index in [-0.39, 0.29) is 0 Å². The fraction of sp³-hybridized carbons (Fsp3) is 0.500. The van der Waals surface area contributed by atoms with Crippen molar-refractivity contribution in [1.82, 2.24) is 14.9 Å². The first-order chi connectivity index (χ1) is 8.61. The average molecular weight is 247 g/mol. The number of aryl methyl sites for hydroxylation is 2. The first kappa shape index (κ1) is 12.9. The van der Waals surface area contributed by atoms with Crippen LogP contribution in [0.15, 0.2) is 16.8 Å². The summed E-state index contributed by atoms with van der Waals surface area (Å²) in [4.78, 5) is 4.30. The Kier molecular flexibility index (Phi) is 3.87. The number of hydrogen-bond acceptors (Lipinski definition) is 3. The lowest BCUT2D eigenvalue weighted by atomic mass is 10.2. The highest BCUT2D eigenvalue weighted by Crippen LogP contribution is 2.17. The molecule has 2 rings (SSSR count). The van der Waals surface area contributed by atoms with Gasteiger partial charge in [-0.2, -0.15) is 0 Å². The largest absolute Gasteiger partial charge is 0.464 e. The van der Waals surface area contributed by atoms with E-state index in [4.69, 9.17) is 4.42 Å². The van der Waals surface area contributed by atoms with Crippen molar-refractivity contribution < 1.29 is 4.42 Å². The van der Waals surface area contributed by atoms with E-state index in [2.05, 4.69) is 34.8 Å². The summed E-state index contributed by atoms with van der Waals surface area (Å²) in [5, 5.41) is 3.32. The van der Waals surface area contributed by atoms with E-state index in [0.29, 0.717) is 0 Å². The first-order valence-electron chi connectivity index (χ1n) is 6.39. The smallest absolute Gasteiger partial charge is 0.124 e. The minimum atomic E-state index is 0.750. The lowest BCUT2D eigenvalue weighted by Gasteiger charge is -2.02. The van der Waals surface area contributed by atoms with Gasteiger partial charge >= 0.3 is 0 Å². The molecule has 0 radical (unpaired) electrons. The molecule has 2 aromatic heterocycles. The van der Waals surface area contributed by atoms with Gasteiger partial charge in [-0.1, -0.05) is 6.92 Å². The van der Waals surface area contributed by atoms with Crippen LogP contribution in [0, 0.1) is 20.8 Å². The van der Waals surface area contributed by atoms with E-state index in [0.717, 1.165) is 36.8 Å². The zero-order valence-electron chi connectivity index (χ0n) is 11.6. The zero-order chi connectivity index (χ0) is 13.1. The second-order valence-electron chi connectivity index (χ2n) is 4.62. The minimum absolute atomic E-state index is 0.750. The highest BCUT2D eigenvalue weighted by Gasteiger charge is 2.09. The molecule has 0 saturated carbocycles. The predicted molar refractivity (Wildman–Crippen MR) is 71.6 cm³/mol. The van der Waals surface area contributed by atoms with Crippen LogP contribution in [0.25, 0.3) is 0 Å². The highest BCUT2D eigenvalue weighted by molar-refractivity contribution is 5.21. The lowest BCUT2D eigenvalue weighted by molar-refractivity contribution is 0.465. The second-order valence-corrected chi connectivity index (χ2v) is 4.62. The molecule has 0 aliphatic heterocycles. The Labute approximate surface area is 108 Å². The standard InChI is InChI=1S/C14H21N3O/c1-5-15-7-13-6-14(18-12(13)4)8-17-9-16-10(2)11(17)3/h6,9,15H,5,7-8H2,1-4H3. The number of rotatable bonds is 5. The number of aromatic nitrogens is 2. The van der Waals surface area contributed by atoms with Gasteiger partial charge in [-0.25, -0.2) is 4.98 Å². The Morgan fingerprint density at radius 1 is 1.33 bits per heavy atom. The van der Waals surface area contributed by atoms with Gasteiger partial charge in [-0.05, 0) is 33.4 Å². The second kappa shape index (κ2) is 5.40. The van der Waals surface area contributed by atoms with Crippen LogP contribution in [0.2, 0.25) is 0 Å². The van der Waals surface area contributed by atoms with E-state index < -0.39 is 0 Å². The van der Waals surface area contributed by atoms with Gasteiger partial charge in [0.15, 0.2) is 0 Å². The van der Waals surface area contributed by atoms with Gasteiger partial charge in [0.2, 0.25) is 0 Å². The average Bonchev–Trinajstić information content (AvgIpc) is 2.84. The molecule has 0 aromatic carbocycles. The summed E-state index contributed by atoms with van der Waals surface area (Å²) in [7, 11) is 0. The molecule has 0 bridgehead atoms. The summed E-state index contributed by atoms with van der Waals surface area (Å²) in [6.07, 6.45) is 1.87. The van der Waals surface area contributed by atoms with E-state index in [9.17, 15) is 0 Å². The normalized spacial score (nSPS) is 11.1. The van der Waals surface area contributed by atoms with Crippen LogP contribution >= 0.6 is 0 Å². The molecule has 0 fully saturated rings. The molecule has 0 unspecified atom stereocenters. The molecular formula is C14H21N3O. The van der Waals surface area contributed by atoms with Crippen LogP contribution in [0.3, 0.4) is 0 Å². The Hall–Kier alpha value is -1.55. The van der Waals surface area contributed by atoms with Gasteiger partial charge < -0.3 is 14.3 Å². The maximum atomic E-state index is 5.79. The summed E-state index contributed by atoms with van der Waals surface area (Å²) in [6, 6.07) is 2.13. The van der Waals surface area contributed by atoms with Gasteiger partial charge in [-0.15, -0.1) is 0 Å². The van der Waals surface area contributed by atoms with Crippen molar-refractivity contribution in [3.05, 3.63) is 40.9 Å². The first-order valence-corrected chi connectivity index (χ1v) is 6.39. The molecule has 0 spiro atoms. The van der Waals surface area contributed by atoms with E-state index in [1.807, 2.05) is 20.2 Å². The summed E-state index contributed by atoms with van der Waals surface area (Å²) in [5.41, 5.74) is 3.50. The molecule has 98 valence electrons. The third kappa shape index (κ3) is 2.64. The molecule has 18 heavy (non-hydrogen) atoms. The van der Waals surface area contributed by atoms with Crippen molar-refractivity contribution in [2.24, 2.45) is 0 Å². The fourth-order valence-electron chi connectivity index (χ4n) is 1.97. The molecular weight excluding hydrogens is 226 g/mol. The minimum Gasteiger partial charge on any atom is -0.464 e. The van der Waals surface area contributed by atoms with Gasteiger partial charge in [0, 0.05) is 17.8 Å². The van der Waals surface area contributed by atoms with Gasteiger partial charge in [0.25, 0.3) is 0 Å². The van der Waals surface area contributed by atoms with Crippen molar-refractivity contribution in [3.8, 4) is 0 Å². The van der Waals surface area contributed by atoms with Crippen LogP contribution in [0.1, 0.15) is 35.4 Å². The van der Waals surface area contributed by atoms with Crippen LogP contribution in [-0.2, 0) is 13.1 Å². The van der Waals surface area contributed by atoms with Crippen LogP contribution in [0.5, 0.6) is 0 Å². The van der Waals surface area contributed by atoms with E-state index in [1.165, 1.54) is 11.3 Å². The summed E-state index contributed by atoms with van der Waals surface area (Å²) >= 11 is 0. The summed E-state index contributed by atoms with van der Waals surface area (Å²) < 4.78 is 7.91. The fourth-order valence-corrected chi connectivity index (χ4v) is 1.97. The molecule has 0 saturated heterocycles. The predicted octanol–water partition coefficient (Wildman–Crippen LogP) is 2.56. The number of furan rings is 1. The SMILES string of the molecule is CCNCc1cc(Cn2cnc(C)c2C)oc1C. The third-order valence-corrected chi connectivity index (χ3v) is 3.31. The number of imidazole rings is 1. The maximum absolute atomic E-state index is 5.79. The molecule has 2 aromatic rings. The van der Waals surface area contributed by atoms with Gasteiger partial charge in [0.05, 0.1) is 18.6 Å². The Morgan fingerprint density at radius 2 is 2.11 bits per heavy atom. The molecule has 2 heterocycles. The Morgan fingerprint density at radius 3 is 2.72 bits per heavy atom. The molecule has 0 amide bonds. The summed E-state index contributed by atoms with van der Waals surface area (Å²) in [6.45, 7) is 10.8. The van der Waals surface area contributed by atoms with Crippen molar-refractivity contribution in [2.45, 2.75) is 40.8 Å². The van der Waals surface area contributed by atoms with E-state index in [1.54, 1.807) is 0 Å². The Bertz CT molecular complexity index is 525. The van der Waals surface area contributed by atoms with Crippen LogP contribution in [0.4, 0.5) is 0 Å².